The quantitative estimate of drug-likeness (QED) is 0.624. The van der Waals surface area contributed by atoms with Gasteiger partial charge in [0.2, 0.25) is 0 Å². The Morgan fingerprint density at radius 1 is 1.32 bits per heavy atom. The highest BCUT2D eigenvalue weighted by Gasteiger charge is 2.68. The molecule has 0 heterocycles. The predicted molar refractivity (Wildman–Crippen MR) is 113 cm³/mol. The zero-order valence-corrected chi connectivity index (χ0v) is 19.3. The molecule has 0 aromatic rings. The van der Waals surface area contributed by atoms with Crippen molar-refractivity contribution in [2.24, 2.45) is 34.5 Å². The van der Waals surface area contributed by atoms with Gasteiger partial charge in [0.05, 0.1) is 12.4 Å². The minimum atomic E-state index is -3.81. The van der Waals surface area contributed by atoms with Crippen LogP contribution in [0.1, 0.15) is 46.5 Å². The average molecular weight is 453 g/mol. The highest BCUT2D eigenvalue weighted by Crippen LogP contribution is 2.67. The molecule has 0 spiro atoms. The van der Waals surface area contributed by atoms with Gasteiger partial charge in [-0.3, -0.25) is 13.8 Å². The third kappa shape index (κ3) is 3.29. The fourth-order valence-corrected chi connectivity index (χ4v) is 7.81. The maximum Gasteiger partial charge on any atom is 0.264 e. The number of carbonyl (C=O) groups is 2. The second-order valence-corrected chi connectivity index (χ2v) is 12.2. The first-order valence-electron chi connectivity index (χ1n) is 11.0. The van der Waals surface area contributed by atoms with Crippen LogP contribution in [-0.4, -0.2) is 54.8 Å². The molecule has 4 aliphatic rings. The molecule has 0 aromatic heterocycles. The van der Waals surface area contributed by atoms with Crippen LogP contribution in [0.4, 0.5) is 0 Å². The van der Waals surface area contributed by atoms with Crippen molar-refractivity contribution in [3.63, 3.8) is 0 Å². The van der Waals surface area contributed by atoms with Crippen molar-refractivity contribution in [1.29, 1.82) is 0 Å². The Morgan fingerprint density at radius 3 is 2.65 bits per heavy atom. The fourth-order valence-electron chi connectivity index (χ4n) is 7.49. The van der Waals surface area contributed by atoms with Crippen molar-refractivity contribution in [3.05, 3.63) is 23.8 Å². The van der Waals surface area contributed by atoms with Crippen LogP contribution >= 0.6 is 0 Å². The second kappa shape index (κ2) is 7.07. The molecule has 4 aliphatic carbocycles. The van der Waals surface area contributed by atoms with E-state index in [1.165, 1.54) is 0 Å². The van der Waals surface area contributed by atoms with E-state index in [2.05, 4.69) is 13.8 Å². The van der Waals surface area contributed by atoms with Gasteiger partial charge in [-0.15, -0.1) is 0 Å². The lowest BCUT2D eigenvalue weighted by Gasteiger charge is -2.60. The summed E-state index contributed by atoms with van der Waals surface area (Å²) >= 11 is 0. The first-order valence-corrected chi connectivity index (χ1v) is 12.8. The van der Waals surface area contributed by atoms with E-state index < -0.39 is 45.0 Å². The first-order chi connectivity index (χ1) is 14.2. The smallest absolute Gasteiger partial charge is 0.264 e. The van der Waals surface area contributed by atoms with Crippen LogP contribution in [0.5, 0.6) is 0 Å². The van der Waals surface area contributed by atoms with Gasteiger partial charge < -0.3 is 10.2 Å². The van der Waals surface area contributed by atoms with E-state index in [1.54, 1.807) is 12.2 Å². The summed E-state index contributed by atoms with van der Waals surface area (Å²) in [4.78, 5) is 25.0. The van der Waals surface area contributed by atoms with E-state index in [9.17, 15) is 28.2 Å². The van der Waals surface area contributed by atoms with Crippen LogP contribution in [0.15, 0.2) is 23.8 Å². The molecule has 8 atom stereocenters. The molecule has 0 saturated heterocycles. The summed E-state index contributed by atoms with van der Waals surface area (Å²) in [6.45, 7) is 5.32. The van der Waals surface area contributed by atoms with Crippen LogP contribution in [-0.2, 0) is 23.9 Å². The van der Waals surface area contributed by atoms with Crippen LogP contribution in [0.3, 0.4) is 0 Å². The number of fused-ring (bicyclic) bond motifs is 5. The van der Waals surface area contributed by atoms with Gasteiger partial charge in [-0.25, -0.2) is 0 Å². The van der Waals surface area contributed by atoms with Crippen LogP contribution < -0.4 is 0 Å². The molecule has 31 heavy (non-hydrogen) atoms. The zero-order valence-electron chi connectivity index (χ0n) is 18.5. The van der Waals surface area contributed by atoms with E-state index in [1.807, 2.05) is 13.0 Å². The number of Topliss-reactive ketones (excluding diaryl/α,β-unsaturated/α-hetero) is 1. The van der Waals surface area contributed by atoms with Gasteiger partial charge in [-0.2, -0.15) is 8.42 Å². The molecule has 172 valence electrons. The number of hydrogen-bond donors (Lipinski definition) is 2. The van der Waals surface area contributed by atoms with Crippen molar-refractivity contribution >= 4 is 21.7 Å². The summed E-state index contributed by atoms with van der Waals surface area (Å²) in [6.07, 6.45) is 7.17. The Kier molecular flexibility index (Phi) is 5.21. The predicted octanol–water partition coefficient (Wildman–Crippen LogP) is 1.79. The third-order valence-electron chi connectivity index (χ3n) is 8.83. The minimum Gasteiger partial charge on any atom is -0.393 e. The van der Waals surface area contributed by atoms with Gasteiger partial charge in [-0.05, 0) is 55.6 Å². The lowest BCUT2D eigenvalue weighted by atomic mass is 9.45. The first kappa shape index (κ1) is 22.8. The summed E-state index contributed by atoms with van der Waals surface area (Å²) in [5, 5.41) is 22.9. The molecule has 0 radical (unpaired) electrons. The normalized spacial score (nSPS) is 46.7. The molecule has 0 amide bonds. The summed E-state index contributed by atoms with van der Waals surface area (Å²) in [6, 6.07) is 0. The minimum absolute atomic E-state index is 0.0000586. The summed E-state index contributed by atoms with van der Waals surface area (Å²) in [5.74, 6) is -0.567. The van der Waals surface area contributed by atoms with Crippen molar-refractivity contribution in [2.45, 2.75) is 58.2 Å². The molecule has 3 saturated carbocycles. The maximum atomic E-state index is 13.0. The Bertz CT molecular complexity index is 982. The molecular formula is C23H32O7S. The van der Waals surface area contributed by atoms with Crippen molar-refractivity contribution < 1.29 is 32.4 Å². The average Bonchev–Trinajstić information content (AvgIpc) is 2.92. The lowest BCUT2D eigenvalue weighted by molar-refractivity contribution is -0.179. The van der Waals surface area contributed by atoms with Crippen LogP contribution in [0.25, 0.3) is 0 Å². The molecule has 2 unspecified atom stereocenters. The van der Waals surface area contributed by atoms with Crippen LogP contribution in [0, 0.1) is 34.5 Å². The Balaban J connectivity index is 1.69. The lowest BCUT2D eigenvalue weighted by Crippen LogP contribution is -2.62. The number of allylic oxidation sites excluding steroid dienone is 4. The van der Waals surface area contributed by atoms with Gasteiger partial charge in [0.15, 0.2) is 11.6 Å². The van der Waals surface area contributed by atoms with E-state index in [-0.39, 0.29) is 42.3 Å². The SMILES string of the molecule is CC1C[C@@H]2[C@H](C(O)C[C@@]3(C)[C@H]2CC[C@]3(O)C(=O)COS(C)(=O)=O)[C@@]2(C)C=CC(=O)C=C12. The maximum absolute atomic E-state index is 13.0. The molecule has 2 N–H and O–H groups in total. The molecule has 8 heteroatoms. The highest BCUT2D eigenvalue weighted by molar-refractivity contribution is 7.86. The number of ketones is 2. The summed E-state index contributed by atoms with van der Waals surface area (Å²) < 4.78 is 27.4. The molecular weight excluding hydrogens is 420 g/mol. The fraction of sp³-hybridized carbons (Fsp3) is 0.739. The Hall–Kier alpha value is -1.35. The van der Waals surface area contributed by atoms with Crippen molar-refractivity contribution in [2.75, 3.05) is 12.9 Å². The third-order valence-corrected chi connectivity index (χ3v) is 9.38. The zero-order chi connectivity index (χ0) is 23.0. The van der Waals surface area contributed by atoms with Crippen LogP contribution in [0.2, 0.25) is 0 Å². The molecule has 0 aliphatic heterocycles. The number of hydrogen-bond acceptors (Lipinski definition) is 7. The standard InChI is InChI=1S/C23H32O7S/c1-13-9-15-16-6-8-23(27,19(26)12-30-31(4,28)29)22(16,3)11-18(25)20(15)21(2)7-5-14(24)10-17(13)21/h5,7,10,13,15-16,18,20,25,27H,6,8-9,11-12H2,1-4H3/t13?,15-,16-,18?,20+,21-,22-,23-/m0/s1. The molecule has 0 bridgehead atoms. The monoisotopic (exact) mass is 452 g/mol. The topological polar surface area (TPSA) is 118 Å². The van der Waals surface area contributed by atoms with E-state index in [4.69, 9.17) is 4.18 Å². The number of carbonyl (C=O) groups excluding carboxylic acids is 2. The summed E-state index contributed by atoms with van der Waals surface area (Å²) in [5.41, 5.74) is -2.01. The number of aliphatic hydroxyl groups excluding tert-OH is 1. The van der Waals surface area contributed by atoms with E-state index >= 15 is 0 Å². The van der Waals surface area contributed by atoms with Gasteiger partial charge >= 0.3 is 0 Å². The van der Waals surface area contributed by atoms with Gasteiger partial charge in [0, 0.05) is 16.7 Å². The van der Waals surface area contributed by atoms with Crippen molar-refractivity contribution in [1.82, 2.24) is 0 Å². The largest absolute Gasteiger partial charge is 0.393 e. The van der Waals surface area contributed by atoms with Gasteiger partial charge in [0.1, 0.15) is 12.2 Å². The Morgan fingerprint density at radius 2 is 2.00 bits per heavy atom. The second-order valence-electron chi connectivity index (χ2n) is 10.5. The number of aliphatic hydroxyl groups is 2. The Labute approximate surface area is 183 Å². The summed E-state index contributed by atoms with van der Waals surface area (Å²) in [7, 11) is -3.81. The van der Waals surface area contributed by atoms with Crippen molar-refractivity contribution in [3.8, 4) is 0 Å². The molecule has 0 aromatic carbocycles. The van der Waals surface area contributed by atoms with E-state index in [0.717, 1.165) is 18.2 Å². The highest BCUT2D eigenvalue weighted by atomic mass is 32.2. The molecule has 7 nitrogen and oxygen atoms in total. The molecule has 3 fully saturated rings. The van der Waals surface area contributed by atoms with Gasteiger partial charge in [0.25, 0.3) is 10.1 Å². The molecule has 4 rings (SSSR count). The van der Waals surface area contributed by atoms with E-state index in [0.29, 0.717) is 6.42 Å². The number of rotatable bonds is 4. The van der Waals surface area contributed by atoms with Gasteiger partial charge in [-0.1, -0.05) is 32.4 Å².